The fraction of sp³-hybridized carbons (Fsp3) is 0.269. The molecule has 0 unspecified atom stereocenters. The highest BCUT2D eigenvalue weighted by Crippen LogP contribution is 2.25. The summed E-state index contributed by atoms with van der Waals surface area (Å²) in [7, 11) is 0. The van der Waals surface area contributed by atoms with Crippen molar-refractivity contribution in [3.8, 4) is 11.4 Å². The SMILES string of the molecule is C[C@H](Nc1cccc(-c2nnc3n2CCCCC3)c1)C(=O)Nc1ccc2ccccc2c1. The van der Waals surface area contributed by atoms with Crippen LogP contribution in [0.1, 0.15) is 32.0 Å². The van der Waals surface area contributed by atoms with E-state index in [0.29, 0.717) is 0 Å². The number of hydrogen-bond acceptors (Lipinski definition) is 4. The third kappa shape index (κ3) is 4.21. The monoisotopic (exact) mass is 425 g/mol. The number of amides is 1. The van der Waals surface area contributed by atoms with E-state index >= 15 is 0 Å². The summed E-state index contributed by atoms with van der Waals surface area (Å²) in [6.07, 6.45) is 4.54. The van der Waals surface area contributed by atoms with Gasteiger partial charge in [0, 0.05) is 29.9 Å². The molecule has 0 spiro atoms. The summed E-state index contributed by atoms with van der Waals surface area (Å²) >= 11 is 0. The normalized spacial score (nSPS) is 14.4. The zero-order valence-electron chi connectivity index (χ0n) is 18.2. The van der Waals surface area contributed by atoms with E-state index in [9.17, 15) is 4.79 Å². The van der Waals surface area contributed by atoms with Crippen molar-refractivity contribution < 1.29 is 4.79 Å². The van der Waals surface area contributed by atoms with Crippen LogP contribution in [0.2, 0.25) is 0 Å². The maximum atomic E-state index is 12.8. The van der Waals surface area contributed by atoms with Gasteiger partial charge in [-0.25, -0.2) is 0 Å². The molecule has 5 rings (SSSR count). The van der Waals surface area contributed by atoms with E-state index in [0.717, 1.165) is 58.7 Å². The standard InChI is InChI=1S/C26H27N5O/c1-18(26(32)28-23-14-13-19-8-4-5-9-20(19)16-23)27-22-11-7-10-21(17-22)25-30-29-24-12-3-2-6-15-31(24)25/h4-5,7-11,13-14,16-18,27H,2-3,6,12,15H2,1H3,(H,28,32)/t18-/m0/s1. The van der Waals surface area contributed by atoms with E-state index in [1.807, 2.05) is 67.6 Å². The quantitative estimate of drug-likeness (QED) is 0.457. The predicted octanol–water partition coefficient (Wildman–Crippen LogP) is 5.26. The lowest BCUT2D eigenvalue weighted by molar-refractivity contribution is -0.116. The van der Waals surface area contributed by atoms with E-state index in [1.54, 1.807) is 0 Å². The van der Waals surface area contributed by atoms with Crippen LogP contribution in [0, 0.1) is 0 Å². The summed E-state index contributed by atoms with van der Waals surface area (Å²) in [5, 5.41) is 17.5. The summed E-state index contributed by atoms with van der Waals surface area (Å²) in [6.45, 7) is 2.83. The van der Waals surface area contributed by atoms with Crippen LogP contribution in [-0.2, 0) is 17.8 Å². The molecule has 0 saturated carbocycles. The van der Waals surface area contributed by atoms with Gasteiger partial charge in [0.2, 0.25) is 5.91 Å². The van der Waals surface area contributed by atoms with Gasteiger partial charge in [0.15, 0.2) is 5.82 Å². The Morgan fingerprint density at radius 3 is 2.69 bits per heavy atom. The number of carbonyl (C=O) groups excluding carboxylic acids is 1. The van der Waals surface area contributed by atoms with Gasteiger partial charge in [-0.15, -0.1) is 10.2 Å². The van der Waals surface area contributed by atoms with Gasteiger partial charge >= 0.3 is 0 Å². The molecule has 0 bridgehead atoms. The number of aryl methyl sites for hydroxylation is 1. The maximum Gasteiger partial charge on any atom is 0.246 e. The molecule has 1 atom stereocenters. The molecule has 4 aromatic rings. The lowest BCUT2D eigenvalue weighted by atomic mass is 10.1. The topological polar surface area (TPSA) is 71.8 Å². The number of nitrogens with zero attached hydrogens (tertiary/aromatic N) is 3. The second-order valence-electron chi connectivity index (χ2n) is 8.40. The second kappa shape index (κ2) is 8.83. The Kier molecular flexibility index (Phi) is 5.58. The van der Waals surface area contributed by atoms with Gasteiger partial charge in [-0.05, 0) is 54.8 Å². The highest BCUT2D eigenvalue weighted by molar-refractivity contribution is 5.98. The number of rotatable bonds is 5. The zero-order chi connectivity index (χ0) is 21.9. The molecule has 0 aliphatic carbocycles. The molecular weight excluding hydrogens is 398 g/mol. The molecule has 1 aromatic heterocycles. The smallest absolute Gasteiger partial charge is 0.246 e. The average Bonchev–Trinajstić information content (AvgIpc) is 3.07. The number of fused-ring (bicyclic) bond motifs is 2. The van der Waals surface area contributed by atoms with Crippen LogP contribution >= 0.6 is 0 Å². The Morgan fingerprint density at radius 2 is 1.78 bits per heavy atom. The van der Waals surface area contributed by atoms with Crippen LogP contribution < -0.4 is 10.6 Å². The van der Waals surface area contributed by atoms with Crippen LogP contribution in [0.5, 0.6) is 0 Å². The zero-order valence-corrected chi connectivity index (χ0v) is 18.2. The largest absolute Gasteiger partial charge is 0.374 e. The maximum absolute atomic E-state index is 12.8. The molecule has 0 saturated heterocycles. The fourth-order valence-corrected chi connectivity index (χ4v) is 4.28. The van der Waals surface area contributed by atoms with Crippen LogP contribution in [-0.4, -0.2) is 26.7 Å². The Bertz CT molecular complexity index is 1260. The Labute approximate surface area is 187 Å². The number of carbonyl (C=O) groups is 1. The molecular formula is C26H27N5O. The van der Waals surface area contributed by atoms with Crippen molar-refractivity contribution >= 4 is 28.1 Å². The molecule has 6 heteroatoms. The first-order valence-corrected chi connectivity index (χ1v) is 11.3. The Morgan fingerprint density at radius 1 is 0.906 bits per heavy atom. The Balaban J connectivity index is 1.29. The summed E-state index contributed by atoms with van der Waals surface area (Å²) < 4.78 is 2.24. The molecule has 32 heavy (non-hydrogen) atoms. The number of anilines is 2. The molecule has 0 radical (unpaired) electrons. The lowest BCUT2D eigenvalue weighted by Crippen LogP contribution is -2.31. The first-order valence-electron chi connectivity index (χ1n) is 11.3. The van der Waals surface area contributed by atoms with Gasteiger partial charge in [-0.1, -0.05) is 48.9 Å². The van der Waals surface area contributed by atoms with Crippen LogP contribution in [0.3, 0.4) is 0 Å². The van der Waals surface area contributed by atoms with Crippen molar-refractivity contribution in [1.29, 1.82) is 0 Å². The van der Waals surface area contributed by atoms with Gasteiger partial charge < -0.3 is 15.2 Å². The highest BCUT2D eigenvalue weighted by atomic mass is 16.2. The number of nitrogens with one attached hydrogen (secondary N) is 2. The van der Waals surface area contributed by atoms with Crippen LogP contribution in [0.25, 0.3) is 22.2 Å². The third-order valence-corrected chi connectivity index (χ3v) is 6.02. The van der Waals surface area contributed by atoms with E-state index < -0.39 is 6.04 Å². The highest BCUT2D eigenvalue weighted by Gasteiger charge is 2.17. The lowest BCUT2D eigenvalue weighted by Gasteiger charge is -2.16. The van der Waals surface area contributed by atoms with Gasteiger partial charge in [0.1, 0.15) is 11.9 Å². The van der Waals surface area contributed by atoms with E-state index in [-0.39, 0.29) is 5.91 Å². The summed E-state index contributed by atoms with van der Waals surface area (Å²) in [4.78, 5) is 12.8. The molecule has 1 amide bonds. The molecule has 1 aliphatic rings. The molecule has 1 aliphatic heterocycles. The first kappa shape index (κ1) is 20.2. The van der Waals surface area contributed by atoms with Crippen LogP contribution in [0.15, 0.2) is 66.7 Å². The predicted molar refractivity (Wildman–Crippen MR) is 129 cm³/mol. The first-order chi connectivity index (χ1) is 15.7. The van der Waals surface area contributed by atoms with Crippen molar-refractivity contribution in [2.75, 3.05) is 10.6 Å². The van der Waals surface area contributed by atoms with Gasteiger partial charge in [0.25, 0.3) is 0 Å². The van der Waals surface area contributed by atoms with E-state index in [4.69, 9.17) is 0 Å². The van der Waals surface area contributed by atoms with Crippen molar-refractivity contribution in [3.05, 3.63) is 72.6 Å². The minimum absolute atomic E-state index is 0.0815. The van der Waals surface area contributed by atoms with Crippen molar-refractivity contribution in [3.63, 3.8) is 0 Å². The van der Waals surface area contributed by atoms with E-state index in [2.05, 4.69) is 31.5 Å². The minimum Gasteiger partial charge on any atom is -0.374 e. The van der Waals surface area contributed by atoms with Crippen molar-refractivity contribution in [2.45, 2.75) is 45.2 Å². The number of benzene rings is 3. The van der Waals surface area contributed by atoms with Gasteiger partial charge in [-0.3, -0.25) is 4.79 Å². The number of aromatic nitrogens is 3. The Hall–Kier alpha value is -3.67. The average molecular weight is 426 g/mol. The summed E-state index contributed by atoms with van der Waals surface area (Å²) in [5.41, 5.74) is 2.69. The van der Waals surface area contributed by atoms with E-state index in [1.165, 1.54) is 12.8 Å². The van der Waals surface area contributed by atoms with Crippen LogP contribution in [0.4, 0.5) is 11.4 Å². The molecule has 2 heterocycles. The minimum atomic E-state index is -0.396. The van der Waals surface area contributed by atoms with Gasteiger partial charge in [0.05, 0.1) is 0 Å². The molecule has 6 nitrogen and oxygen atoms in total. The van der Waals surface area contributed by atoms with Gasteiger partial charge in [-0.2, -0.15) is 0 Å². The number of hydrogen-bond donors (Lipinski definition) is 2. The summed E-state index contributed by atoms with van der Waals surface area (Å²) in [5.74, 6) is 1.89. The van der Waals surface area contributed by atoms with Crippen molar-refractivity contribution in [1.82, 2.24) is 14.8 Å². The fourth-order valence-electron chi connectivity index (χ4n) is 4.28. The second-order valence-corrected chi connectivity index (χ2v) is 8.40. The molecule has 162 valence electrons. The molecule has 3 aromatic carbocycles. The third-order valence-electron chi connectivity index (χ3n) is 6.02. The molecule has 0 fully saturated rings. The molecule has 2 N–H and O–H groups in total. The summed E-state index contributed by atoms with van der Waals surface area (Å²) in [6, 6.07) is 21.7. The van der Waals surface area contributed by atoms with Crippen molar-refractivity contribution in [2.24, 2.45) is 0 Å².